The quantitative estimate of drug-likeness (QED) is 0.806. The number of aryl methyl sites for hydroxylation is 1. The SMILES string of the molecule is CCNC(c1cc(C)cc(Cl)c1)C(C)CC. The van der Waals surface area contributed by atoms with Crippen LogP contribution < -0.4 is 5.32 Å². The Labute approximate surface area is 104 Å². The van der Waals surface area contributed by atoms with Gasteiger partial charge in [-0.15, -0.1) is 0 Å². The fourth-order valence-electron chi connectivity index (χ4n) is 2.05. The molecule has 0 aliphatic carbocycles. The highest BCUT2D eigenvalue weighted by atomic mass is 35.5. The first-order valence-electron chi connectivity index (χ1n) is 6.09. The fourth-order valence-corrected chi connectivity index (χ4v) is 2.35. The van der Waals surface area contributed by atoms with Gasteiger partial charge >= 0.3 is 0 Å². The molecule has 0 fully saturated rings. The molecule has 2 unspecified atom stereocenters. The zero-order valence-electron chi connectivity index (χ0n) is 10.7. The van der Waals surface area contributed by atoms with E-state index in [9.17, 15) is 0 Å². The maximum atomic E-state index is 6.11. The Morgan fingerprint density at radius 3 is 2.44 bits per heavy atom. The van der Waals surface area contributed by atoms with E-state index in [2.05, 4.69) is 45.1 Å². The Bertz CT molecular complexity index is 315. The number of benzene rings is 1. The van der Waals surface area contributed by atoms with Gasteiger partial charge in [0.25, 0.3) is 0 Å². The molecule has 1 rings (SSSR count). The van der Waals surface area contributed by atoms with E-state index in [1.165, 1.54) is 17.5 Å². The molecule has 2 heteroatoms. The first-order valence-corrected chi connectivity index (χ1v) is 6.46. The van der Waals surface area contributed by atoms with E-state index in [1.54, 1.807) is 0 Å². The van der Waals surface area contributed by atoms with E-state index in [0.717, 1.165) is 11.6 Å². The highest BCUT2D eigenvalue weighted by molar-refractivity contribution is 6.30. The van der Waals surface area contributed by atoms with Crippen LogP contribution in [0.1, 0.15) is 44.4 Å². The number of hydrogen-bond acceptors (Lipinski definition) is 1. The van der Waals surface area contributed by atoms with E-state index >= 15 is 0 Å². The summed E-state index contributed by atoms with van der Waals surface area (Å²) in [4.78, 5) is 0. The molecule has 16 heavy (non-hydrogen) atoms. The smallest absolute Gasteiger partial charge is 0.0411 e. The monoisotopic (exact) mass is 239 g/mol. The molecule has 0 bridgehead atoms. The molecule has 0 radical (unpaired) electrons. The zero-order chi connectivity index (χ0) is 12.1. The van der Waals surface area contributed by atoms with Gasteiger partial charge in [0.15, 0.2) is 0 Å². The molecule has 1 aromatic rings. The molecular weight excluding hydrogens is 218 g/mol. The average molecular weight is 240 g/mol. The van der Waals surface area contributed by atoms with Crippen LogP contribution in [0, 0.1) is 12.8 Å². The Morgan fingerprint density at radius 2 is 1.94 bits per heavy atom. The maximum Gasteiger partial charge on any atom is 0.0411 e. The second-order valence-electron chi connectivity index (χ2n) is 4.48. The molecule has 0 saturated carbocycles. The molecule has 1 nitrogen and oxygen atoms in total. The van der Waals surface area contributed by atoms with Crippen LogP contribution in [0.15, 0.2) is 18.2 Å². The molecule has 0 heterocycles. The van der Waals surface area contributed by atoms with Gasteiger partial charge in [-0.2, -0.15) is 0 Å². The van der Waals surface area contributed by atoms with Crippen molar-refractivity contribution in [3.63, 3.8) is 0 Å². The summed E-state index contributed by atoms with van der Waals surface area (Å²) < 4.78 is 0. The number of nitrogens with one attached hydrogen (secondary N) is 1. The molecule has 0 saturated heterocycles. The van der Waals surface area contributed by atoms with Crippen LogP contribution in [-0.2, 0) is 0 Å². The molecule has 0 amide bonds. The lowest BCUT2D eigenvalue weighted by Crippen LogP contribution is -2.26. The molecule has 1 aromatic carbocycles. The topological polar surface area (TPSA) is 12.0 Å². The van der Waals surface area contributed by atoms with Crippen LogP contribution in [0.5, 0.6) is 0 Å². The third-order valence-electron chi connectivity index (χ3n) is 3.06. The van der Waals surface area contributed by atoms with Crippen LogP contribution >= 0.6 is 11.6 Å². The second kappa shape index (κ2) is 6.27. The van der Waals surface area contributed by atoms with E-state index in [1.807, 2.05) is 6.07 Å². The lowest BCUT2D eigenvalue weighted by Gasteiger charge is -2.25. The van der Waals surface area contributed by atoms with Crippen molar-refractivity contribution in [1.82, 2.24) is 5.32 Å². The van der Waals surface area contributed by atoms with Crippen molar-refractivity contribution >= 4 is 11.6 Å². The van der Waals surface area contributed by atoms with Crippen molar-refractivity contribution in [2.45, 2.75) is 40.2 Å². The summed E-state index contributed by atoms with van der Waals surface area (Å²) in [5.41, 5.74) is 2.54. The standard InChI is InChI=1S/C14H22ClN/c1-5-11(4)14(16-6-2)12-7-10(3)8-13(15)9-12/h7-9,11,14,16H,5-6H2,1-4H3. The predicted molar refractivity (Wildman–Crippen MR) is 72.1 cm³/mol. The van der Waals surface area contributed by atoms with Crippen LogP contribution in [0.4, 0.5) is 0 Å². The van der Waals surface area contributed by atoms with Crippen molar-refractivity contribution in [3.05, 3.63) is 34.3 Å². The van der Waals surface area contributed by atoms with Crippen molar-refractivity contribution < 1.29 is 0 Å². The van der Waals surface area contributed by atoms with Gasteiger partial charge in [-0.3, -0.25) is 0 Å². The summed E-state index contributed by atoms with van der Waals surface area (Å²) in [6.07, 6.45) is 1.17. The largest absolute Gasteiger partial charge is 0.310 e. The van der Waals surface area contributed by atoms with Crippen LogP contribution in [0.2, 0.25) is 5.02 Å². The second-order valence-corrected chi connectivity index (χ2v) is 4.92. The first-order chi connectivity index (χ1) is 7.58. The summed E-state index contributed by atoms with van der Waals surface area (Å²) in [7, 11) is 0. The molecule has 90 valence electrons. The minimum Gasteiger partial charge on any atom is -0.310 e. The molecule has 0 aliphatic rings. The third-order valence-corrected chi connectivity index (χ3v) is 3.28. The van der Waals surface area contributed by atoms with E-state index < -0.39 is 0 Å². The lowest BCUT2D eigenvalue weighted by atomic mass is 9.91. The number of halogens is 1. The average Bonchev–Trinajstić information content (AvgIpc) is 2.23. The Hall–Kier alpha value is -0.530. The maximum absolute atomic E-state index is 6.11. The first kappa shape index (κ1) is 13.5. The van der Waals surface area contributed by atoms with Gasteiger partial charge in [-0.1, -0.05) is 44.9 Å². The number of rotatable bonds is 5. The molecule has 0 spiro atoms. The summed E-state index contributed by atoms with van der Waals surface area (Å²) >= 11 is 6.11. The van der Waals surface area contributed by atoms with Crippen LogP contribution in [0.3, 0.4) is 0 Å². The summed E-state index contributed by atoms with van der Waals surface area (Å²) in [6.45, 7) is 9.73. The van der Waals surface area contributed by atoms with Crippen molar-refractivity contribution in [1.29, 1.82) is 0 Å². The van der Waals surface area contributed by atoms with Gasteiger partial charge in [-0.25, -0.2) is 0 Å². The molecule has 1 N–H and O–H groups in total. The third kappa shape index (κ3) is 3.50. The van der Waals surface area contributed by atoms with Crippen LogP contribution in [0.25, 0.3) is 0 Å². The van der Waals surface area contributed by atoms with Crippen molar-refractivity contribution in [3.8, 4) is 0 Å². The predicted octanol–water partition coefficient (Wildman–Crippen LogP) is 4.35. The van der Waals surface area contributed by atoms with Crippen molar-refractivity contribution in [2.24, 2.45) is 5.92 Å². The molecule has 0 aliphatic heterocycles. The van der Waals surface area contributed by atoms with Gasteiger partial charge in [-0.05, 0) is 42.6 Å². The van der Waals surface area contributed by atoms with E-state index in [-0.39, 0.29) is 0 Å². The highest BCUT2D eigenvalue weighted by Gasteiger charge is 2.17. The zero-order valence-corrected chi connectivity index (χ0v) is 11.4. The van der Waals surface area contributed by atoms with E-state index in [4.69, 9.17) is 11.6 Å². The Morgan fingerprint density at radius 1 is 1.25 bits per heavy atom. The fraction of sp³-hybridized carbons (Fsp3) is 0.571. The van der Waals surface area contributed by atoms with Gasteiger partial charge < -0.3 is 5.32 Å². The molecule has 0 aromatic heterocycles. The molecule has 2 atom stereocenters. The van der Waals surface area contributed by atoms with Gasteiger partial charge in [0.05, 0.1) is 0 Å². The Balaban J connectivity index is 3.00. The van der Waals surface area contributed by atoms with Gasteiger partial charge in [0.2, 0.25) is 0 Å². The van der Waals surface area contributed by atoms with Crippen LogP contribution in [-0.4, -0.2) is 6.54 Å². The highest BCUT2D eigenvalue weighted by Crippen LogP contribution is 2.27. The lowest BCUT2D eigenvalue weighted by molar-refractivity contribution is 0.384. The summed E-state index contributed by atoms with van der Waals surface area (Å²) in [5.74, 6) is 0.623. The van der Waals surface area contributed by atoms with Gasteiger partial charge in [0, 0.05) is 11.1 Å². The Kier molecular flexibility index (Phi) is 5.30. The summed E-state index contributed by atoms with van der Waals surface area (Å²) in [6, 6.07) is 6.72. The van der Waals surface area contributed by atoms with Crippen molar-refractivity contribution in [2.75, 3.05) is 6.54 Å². The van der Waals surface area contributed by atoms with Gasteiger partial charge in [0.1, 0.15) is 0 Å². The molecular formula is C14H22ClN. The normalized spacial score (nSPS) is 14.8. The number of hydrogen-bond donors (Lipinski definition) is 1. The summed E-state index contributed by atoms with van der Waals surface area (Å²) in [5, 5.41) is 4.38. The minimum atomic E-state index is 0.410. The minimum absolute atomic E-state index is 0.410. The van der Waals surface area contributed by atoms with E-state index in [0.29, 0.717) is 12.0 Å².